The molecule has 2 aliphatic rings. The molecule has 2 amide bonds. The molecular formula is C16H23F3N2O4. The first-order valence-corrected chi connectivity index (χ1v) is 8.44. The lowest BCUT2D eigenvalue weighted by atomic mass is 9.96. The summed E-state index contributed by atoms with van der Waals surface area (Å²) in [7, 11) is 0. The van der Waals surface area contributed by atoms with Crippen LogP contribution in [0.2, 0.25) is 0 Å². The van der Waals surface area contributed by atoms with Crippen molar-refractivity contribution in [3.63, 3.8) is 0 Å². The zero-order valence-corrected chi connectivity index (χ0v) is 14.3. The lowest BCUT2D eigenvalue weighted by Crippen LogP contribution is -2.39. The van der Waals surface area contributed by atoms with Crippen LogP contribution in [0, 0.1) is 17.8 Å². The summed E-state index contributed by atoms with van der Waals surface area (Å²) < 4.78 is 39.1. The van der Waals surface area contributed by atoms with E-state index in [9.17, 15) is 27.6 Å². The Morgan fingerprint density at radius 3 is 2.40 bits per heavy atom. The number of aliphatic carboxylic acids is 1. The topological polar surface area (TPSA) is 77.9 Å². The number of hydrogen-bond donors (Lipinski definition) is 1. The van der Waals surface area contributed by atoms with Crippen molar-refractivity contribution in [1.29, 1.82) is 0 Å². The van der Waals surface area contributed by atoms with Gasteiger partial charge in [0.25, 0.3) is 0 Å². The second-order valence-corrected chi connectivity index (χ2v) is 6.92. The maximum Gasteiger partial charge on any atom is 0.394 e. The minimum Gasteiger partial charge on any atom is -0.481 e. The number of likely N-dealkylation sites (tertiary alicyclic amines) is 2. The van der Waals surface area contributed by atoms with E-state index in [4.69, 9.17) is 5.11 Å². The van der Waals surface area contributed by atoms with Crippen LogP contribution in [-0.4, -0.2) is 64.5 Å². The number of carboxylic acid groups (broad SMARTS) is 1. The Kier molecular flexibility index (Phi) is 5.63. The standard InChI is InChI=1S/C16H23F3N2O4/c1-3-4-9(2)21-6-10(5-13(21)22)14(23)20-7-11(15(24)25)12(8-20)16(17,18)19/h9-12H,3-8H2,1-2H3,(H,24,25)/t9?,10?,11-,12-/m1/s1. The van der Waals surface area contributed by atoms with E-state index in [-0.39, 0.29) is 24.9 Å². The van der Waals surface area contributed by atoms with Crippen LogP contribution in [0.4, 0.5) is 13.2 Å². The minimum absolute atomic E-state index is 0.0245. The summed E-state index contributed by atoms with van der Waals surface area (Å²) in [5.74, 6) is -6.72. The normalized spacial score (nSPS) is 28.5. The van der Waals surface area contributed by atoms with Crippen molar-refractivity contribution in [2.45, 2.75) is 45.3 Å². The Labute approximate surface area is 143 Å². The molecule has 0 saturated carbocycles. The predicted octanol–water partition coefficient (Wildman–Crippen LogP) is 1.75. The fraction of sp³-hybridized carbons (Fsp3) is 0.812. The first-order valence-electron chi connectivity index (χ1n) is 8.44. The highest BCUT2D eigenvalue weighted by Gasteiger charge is 2.54. The van der Waals surface area contributed by atoms with Gasteiger partial charge in [0.15, 0.2) is 0 Å². The highest BCUT2D eigenvalue weighted by atomic mass is 19.4. The molecule has 2 unspecified atom stereocenters. The van der Waals surface area contributed by atoms with Crippen LogP contribution in [0.1, 0.15) is 33.1 Å². The summed E-state index contributed by atoms with van der Waals surface area (Å²) >= 11 is 0. The zero-order valence-electron chi connectivity index (χ0n) is 14.3. The highest BCUT2D eigenvalue weighted by Crippen LogP contribution is 2.38. The number of carbonyl (C=O) groups is 3. The monoisotopic (exact) mass is 364 g/mol. The molecule has 2 saturated heterocycles. The van der Waals surface area contributed by atoms with Gasteiger partial charge in [-0.2, -0.15) is 13.2 Å². The fourth-order valence-electron chi connectivity index (χ4n) is 3.72. The van der Waals surface area contributed by atoms with Gasteiger partial charge in [-0.1, -0.05) is 13.3 Å². The van der Waals surface area contributed by atoms with Crippen LogP contribution in [0.3, 0.4) is 0 Å². The lowest BCUT2D eigenvalue weighted by molar-refractivity contribution is -0.188. The van der Waals surface area contributed by atoms with Gasteiger partial charge in [-0.3, -0.25) is 14.4 Å². The van der Waals surface area contributed by atoms with Gasteiger partial charge in [0, 0.05) is 32.1 Å². The average molecular weight is 364 g/mol. The van der Waals surface area contributed by atoms with Crippen molar-refractivity contribution in [2.75, 3.05) is 19.6 Å². The van der Waals surface area contributed by atoms with Crippen molar-refractivity contribution < 1.29 is 32.7 Å². The maximum absolute atomic E-state index is 13.0. The molecule has 0 aromatic carbocycles. The van der Waals surface area contributed by atoms with E-state index >= 15 is 0 Å². The molecule has 25 heavy (non-hydrogen) atoms. The predicted molar refractivity (Wildman–Crippen MR) is 81.4 cm³/mol. The smallest absolute Gasteiger partial charge is 0.394 e. The fourth-order valence-corrected chi connectivity index (χ4v) is 3.72. The number of amides is 2. The van der Waals surface area contributed by atoms with Gasteiger partial charge in [-0.05, 0) is 13.3 Å². The third kappa shape index (κ3) is 4.07. The lowest BCUT2D eigenvalue weighted by Gasteiger charge is -2.25. The quantitative estimate of drug-likeness (QED) is 0.806. The zero-order chi connectivity index (χ0) is 18.9. The number of rotatable bonds is 5. The van der Waals surface area contributed by atoms with Crippen molar-refractivity contribution in [3.05, 3.63) is 0 Å². The second-order valence-electron chi connectivity index (χ2n) is 6.92. The number of carbonyl (C=O) groups excluding carboxylic acids is 2. The first kappa shape index (κ1) is 19.5. The van der Waals surface area contributed by atoms with Crippen LogP contribution in [-0.2, 0) is 14.4 Å². The van der Waals surface area contributed by atoms with E-state index in [1.807, 2.05) is 13.8 Å². The average Bonchev–Trinajstić information content (AvgIpc) is 3.10. The molecule has 2 rings (SSSR count). The Hall–Kier alpha value is -1.80. The number of carboxylic acids is 1. The van der Waals surface area contributed by atoms with E-state index in [0.717, 1.165) is 17.7 Å². The summed E-state index contributed by atoms with van der Waals surface area (Å²) in [4.78, 5) is 38.3. The summed E-state index contributed by atoms with van der Waals surface area (Å²) in [5.41, 5.74) is 0. The Bertz CT molecular complexity index is 552. The molecular weight excluding hydrogens is 341 g/mol. The van der Waals surface area contributed by atoms with E-state index in [2.05, 4.69) is 0 Å². The van der Waals surface area contributed by atoms with E-state index < -0.39 is 48.9 Å². The molecule has 1 N–H and O–H groups in total. The molecule has 0 spiro atoms. The van der Waals surface area contributed by atoms with Gasteiger partial charge in [0.1, 0.15) is 0 Å². The van der Waals surface area contributed by atoms with Crippen LogP contribution < -0.4 is 0 Å². The van der Waals surface area contributed by atoms with Crippen LogP contribution in [0.25, 0.3) is 0 Å². The van der Waals surface area contributed by atoms with Gasteiger partial charge >= 0.3 is 12.1 Å². The van der Waals surface area contributed by atoms with E-state index in [1.165, 1.54) is 0 Å². The van der Waals surface area contributed by atoms with Crippen molar-refractivity contribution in [2.24, 2.45) is 17.8 Å². The van der Waals surface area contributed by atoms with Gasteiger partial charge in [0.2, 0.25) is 11.8 Å². The molecule has 9 heteroatoms. The number of halogens is 3. The van der Waals surface area contributed by atoms with Crippen molar-refractivity contribution in [1.82, 2.24) is 9.80 Å². The van der Waals surface area contributed by atoms with Crippen LogP contribution in [0.5, 0.6) is 0 Å². The summed E-state index contributed by atoms with van der Waals surface area (Å²) in [5, 5.41) is 9.03. The first-order chi connectivity index (χ1) is 11.6. The van der Waals surface area contributed by atoms with Gasteiger partial charge in [0.05, 0.1) is 17.8 Å². The molecule has 142 valence electrons. The molecule has 0 bridgehead atoms. The van der Waals surface area contributed by atoms with Crippen molar-refractivity contribution in [3.8, 4) is 0 Å². The summed E-state index contributed by atoms with van der Waals surface area (Å²) in [6, 6.07) is -0.0245. The van der Waals surface area contributed by atoms with Gasteiger partial charge in [-0.15, -0.1) is 0 Å². The van der Waals surface area contributed by atoms with E-state index in [1.54, 1.807) is 4.90 Å². The maximum atomic E-state index is 13.0. The van der Waals surface area contributed by atoms with Gasteiger partial charge in [-0.25, -0.2) is 0 Å². The molecule has 0 aromatic rings. The number of nitrogens with zero attached hydrogens (tertiary/aromatic N) is 2. The van der Waals surface area contributed by atoms with E-state index in [0.29, 0.717) is 0 Å². The van der Waals surface area contributed by atoms with Crippen LogP contribution >= 0.6 is 0 Å². The second kappa shape index (κ2) is 7.21. The summed E-state index contributed by atoms with van der Waals surface area (Å²) in [6.07, 6.45) is -3.04. The van der Waals surface area contributed by atoms with Crippen LogP contribution in [0.15, 0.2) is 0 Å². The summed E-state index contributed by atoms with van der Waals surface area (Å²) in [6.45, 7) is 2.92. The minimum atomic E-state index is -4.68. The molecule has 2 fully saturated rings. The molecule has 0 aromatic heterocycles. The number of hydrogen-bond acceptors (Lipinski definition) is 3. The third-order valence-corrected chi connectivity index (χ3v) is 5.12. The molecule has 0 radical (unpaired) electrons. The Morgan fingerprint density at radius 1 is 1.28 bits per heavy atom. The third-order valence-electron chi connectivity index (χ3n) is 5.12. The molecule has 0 aliphatic carbocycles. The molecule has 4 atom stereocenters. The van der Waals surface area contributed by atoms with Gasteiger partial charge < -0.3 is 14.9 Å². The largest absolute Gasteiger partial charge is 0.481 e. The van der Waals surface area contributed by atoms with Crippen molar-refractivity contribution >= 4 is 17.8 Å². The molecule has 6 nitrogen and oxygen atoms in total. The number of alkyl halides is 3. The molecule has 2 heterocycles. The molecule has 2 aliphatic heterocycles. The SMILES string of the molecule is CCCC(C)N1CC(C(=O)N2C[C@@H](C(F)(F)F)[C@H](C(=O)O)C2)CC1=O. The highest BCUT2D eigenvalue weighted by molar-refractivity contribution is 5.90. The Balaban J connectivity index is 2.06. The Morgan fingerprint density at radius 2 is 1.92 bits per heavy atom.